The molecule has 1 N–H and O–H groups in total. The molecular weight excluding hydrogens is 124 g/mol. The molecular formula is C8H8N2. The van der Waals surface area contributed by atoms with Crippen molar-refractivity contribution in [2.24, 2.45) is 4.99 Å². The van der Waals surface area contributed by atoms with Crippen molar-refractivity contribution >= 4 is 6.21 Å². The summed E-state index contributed by atoms with van der Waals surface area (Å²) in [5.41, 5.74) is 2.45. The van der Waals surface area contributed by atoms with Gasteiger partial charge < -0.3 is 5.32 Å². The van der Waals surface area contributed by atoms with Gasteiger partial charge in [0, 0.05) is 18.8 Å². The van der Waals surface area contributed by atoms with E-state index < -0.39 is 0 Å². The number of fused-ring (bicyclic) bond motifs is 1. The SMILES string of the molecule is C1=CNC2=CN=CCC2=C1. The molecule has 50 valence electrons. The predicted molar refractivity (Wildman–Crippen MR) is 41.6 cm³/mol. The van der Waals surface area contributed by atoms with Crippen molar-refractivity contribution < 1.29 is 0 Å². The molecule has 10 heavy (non-hydrogen) atoms. The molecule has 0 saturated carbocycles. The average molecular weight is 132 g/mol. The average Bonchev–Trinajstić information content (AvgIpc) is 2.05. The van der Waals surface area contributed by atoms with Crippen LogP contribution in [0, 0.1) is 0 Å². The second kappa shape index (κ2) is 2.14. The highest BCUT2D eigenvalue weighted by Gasteiger charge is 2.06. The summed E-state index contributed by atoms with van der Waals surface area (Å²) in [6.45, 7) is 0. The molecule has 0 amide bonds. The van der Waals surface area contributed by atoms with Gasteiger partial charge in [0.2, 0.25) is 0 Å². The Kier molecular flexibility index (Phi) is 1.17. The van der Waals surface area contributed by atoms with Gasteiger partial charge >= 0.3 is 0 Å². The third kappa shape index (κ3) is 0.778. The van der Waals surface area contributed by atoms with Crippen LogP contribution in [-0.4, -0.2) is 6.21 Å². The lowest BCUT2D eigenvalue weighted by Gasteiger charge is -2.14. The molecule has 2 nitrogen and oxygen atoms in total. The molecule has 0 saturated heterocycles. The minimum atomic E-state index is 0.948. The maximum Gasteiger partial charge on any atom is 0.0601 e. The Balaban J connectivity index is 2.38. The van der Waals surface area contributed by atoms with Crippen molar-refractivity contribution in [1.82, 2.24) is 5.32 Å². The number of nitrogens with one attached hydrogen (secondary N) is 1. The highest BCUT2D eigenvalue weighted by atomic mass is 14.9. The maximum absolute atomic E-state index is 4.04. The fourth-order valence-electron chi connectivity index (χ4n) is 1.06. The van der Waals surface area contributed by atoms with E-state index in [4.69, 9.17) is 0 Å². The zero-order valence-electron chi connectivity index (χ0n) is 5.54. The minimum absolute atomic E-state index is 0.948. The normalized spacial score (nSPS) is 20.8. The van der Waals surface area contributed by atoms with Crippen molar-refractivity contribution in [3.05, 3.63) is 35.8 Å². The van der Waals surface area contributed by atoms with Gasteiger partial charge in [-0.2, -0.15) is 0 Å². The largest absolute Gasteiger partial charge is 0.360 e. The number of dihydropyridines is 1. The number of hydrogen-bond donors (Lipinski definition) is 1. The summed E-state index contributed by atoms with van der Waals surface area (Å²) >= 11 is 0. The summed E-state index contributed by atoms with van der Waals surface area (Å²) in [6.07, 6.45) is 10.7. The van der Waals surface area contributed by atoms with Gasteiger partial charge in [-0.1, -0.05) is 6.08 Å². The minimum Gasteiger partial charge on any atom is -0.360 e. The smallest absolute Gasteiger partial charge is 0.0601 e. The number of hydrogen-bond acceptors (Lipinski definition) is 2. The Hall–Kier alpha value is -1.31. The number of rotatable bonds is 0. The van der Waals surface area contributed by atoms with Gasteiger partial charge in [0.1, 0.15) is 0 Å². The Morgan fingerprint density at radius 2 is 2.50 bits per heavy atom. The Bertz CT molecular complexity index is 228. The molecule has 0 atom stereocenters. The molecule has 0 aromatic carbocycles. The molecule has 2 heteroatoms. The number of nitrogens with zero attached hydrogens (tertiary/aromatic N) is 1. The van der Waals surface area contributed by atoms with E-state index in [1.807, 2.05) is 24.7 Å². The van der Waals surface area contributed by atoms with E-state index in [0.29, 0.717) is 0 Å². The molecule has 2 aliphatic heterocycles. The predicted octanol–water partition coefficient (Wildman–Crippen LogP) is 1.35. The highest BCUT2D eigenvalue weighted by molar-refractivity contribution is 5.67. The third-order valence-corrected chi connectivity index (χ3v) is 1.60. The Morgan fingerprint density at radius 3 is 3.40 bits per heavy atom. The first kappa shape index (κ1) is 5.47. The molecule has 2 aliphatic rings. The first-order valence-corrected chi connectivity index (χ1v) is 3.31. The first-order valence-electron chi connectivity index (χ1n) is 3.31. The van der Waals surface area contributed by atoms with Gasteiger partial charge in [-0.15, -0.1) is 0 Å². The zero-order valence-corrected chi connectivity index (χ0v) is 5.54. The molecule has 2 rings (SSSR count). The quantitative estimate of drug-likeness (QED) is 0.528. The van der Waals surface area contributed by atoms with Gasteiger partial charge in [-0.3, -0.25) is 4.99 Å². The van der Waals surface area contributed by atoms with Crippen molar-refractivity contribution in [2.75, 3.05) is 0 Å². The molecule has 0 bridgehead atoms. The standard InChI is InChI=1S/C8H8N2/c1-2-7-3-5-9-6-8(7)10-4-1/h1-2,4-6,10H,3H2. The van der Waals surface area contributed by atoms with Crippen LogP contribution in [0.25, 0.3) is 0 Å². The van der Waals surface area contributed by atoms with Gasteiger partial charge in [0.25, 0.3) is 0 Å². The summed E-state index contributed by atoms with van der Waals surface area (Å²) in [7, 11) is 0. The molecule has 0 radical (unpaired) electrons. The monoisotopic (exact) mass is 132 g/mol. The topological polar surface area (TPSA) is 24.4 Å². The lowest BCUT2D eigenvalue weighted by molar-refractivity contribution is 1.01. The van der Waals surface area contributed by atoms with Crippen molar-refractivity contribution in [1.29, 1.82) is 0 Å². The lowest BCUT2D eigenvalue weighted by atomic mass is 10.1. The summed E-state index contributed by atoms with van der Waals surface area (Å²) < 4.78 is 0. The Morgan fingerprint density at radius 1 is 1.50 bits per heavy atom. The van der Waals surface area contributed by atoms with Gasteiger partial charge in [-0.05, 0) is 11.6 Å². The Labute approximate surface area is 59.7 Å². The van der Waals surface area contributed by atoms with E-state index in [1.54, 1.807) is 0 Å². The van der Waals surface area contributed by atoms with Crippen LogP contribution < -0.4 is 5.32 Å². The molecule has 2 heterocycles. The fourth-order valence-corrected chi connectivity index (χ4v) is 1.06. The zero-order chi connectivity index (χ0) is 6.81. The van der Waals surface area contributed by atoms with Crippen LogP contribution in [0.3, 0.4) is 0 Å². The third-order valence-electron chi connectivity index (χ3n) is 1.60. The molecule has 0 aromatic heterocycles. The van der Waals surface area contributed by atoms with Gasteiger partial charge in [-0.25, -0.2) is 0 Å². The van der Waals surface area contributed by atoms with Gasteiger partial charge in [0.15, 0.2) is 0 Å². The van der Waals surface area contributed by atoms with Crippen LogP contribution >= 0.6 is 0 Å². The van der Waals surface area contributed by atoms with Crippen LogP contribution in [0.4, 0.5) is 0 Å². The molecule has 0 aliphatic carbocycles. The van der Waals surface area contributed by atoms with Crippen LogP contribution in [0.2, 0.25) is 0 Å². The maximum atomic E-state index is 4.04. The van der Waals surface area contributed by atoms with Crippen LogP contribution in [0.5, 0.6) is 0 Å². The van der Waals surface area contributed by atoms with Gasteiger partial charge in [0.05, 0.1) is 11.9 Å². The summed E-state index contributed by atoms with van der Waals surface area (Å²) in [4.78, 5) is 4.04. The summed E-state index contributed by atoms with van der Waals surface area (Å²) in [5, 5.41) is 3.12. The second-order valence-corrected chi connectivity index (χ2v) is 2.27. The molecule has 0 spiro atoms. The van der Waals surface area contributed by atoms with E-state index in [9.17, 15) is 0 Å². The van der Waals surface area contributed by atoms with Crippen LogP contribution in [0.1, 0.15) is 6.42 Å². The number of allylic oxidation sites excluding steroid dienone is 3. The first-order chi connectivity index (χ1) is 4.97. The fraction of sp³-hybridized carbons (Fsp3) is 0.125. The van der Waals surface area contributed by atoms with E-state index in [0.717, 1.165) is 12.1 Å². The van der Waals surface area contributed by atoms with Crippen molar-refractivity contribution in [3.63, 3.8) is 0 Å². The van der Waals surface area contributed by atoms with E-state index in [2.05, 4.69) is 16.4 Å². The van der Waals surface area contributed by atoms with Crippen LogP contribution in [-0.2, 0) is 0 Å². The van der Waals surface area contributed by atoms with E-state index in [1.165, 1.54) is 5.57 Å². The lowest BCUT2D eigenvalue weighted by Crippen LogP contribution is -2.12. The van der Waals surface area contributed by atoms with Crippen molar-refractivity contribution in [3.8, 4) is 0 Å². The van der Waals surface area contributed by atoms with E-state index in [-0.39, 0.29) is 0 Å². The van der Waals surface area contributed by atoms with Crippen molar-refractivity contribution in [2.45, 2.75) is 6.42 Å². The van der Waals surface area contributed by atoms with Crippen LogP contribution in [0.15, 0.2) is 40.8 Å². The van der Waals surface area contributed by atoms with E-state index >= 15 is 0 Å². The summed E-state index contributed by atoms with van der Waals surface area (Å²) in [6, 6.07) is 0. The molecule has 0 aromatic rings. The summed E-state index contributed by atoms with van der Waals surface area (Å²) in [5.74, 6) is 0. The highest BCUT2D eigenvalue weighted by Crippen LogP contribution is 2.16. The second-order valence-electron chi connectivity index (χ2n) is 2.27. The number of aliphatic imine (C=N–C) groups is 1. The molecule has 0 unspecified atom stereocenters. The molecule has 0 fully saturated rings.